The van der Waals surface area contributed by atoms with Gasteiger partial charge in [0.15, 0.2) is 0 Å². The Labute approximate surface area is 133 Å². The molecule has 0 saturated carbocycles. The highest BCUT2D eigenvalue weighted by atomic mass is 32.2. The predicted octanol–water partition coefficient (Wildman–Crippen LogP) is 1.45. The normalized spacial score (nSPS) is 22.7. The Morgan fingerprint density at radius 2 is 2.00 bits per heavy atom. The Hall–Kier alpha value is -1.40. The molecule has 0 radical (unpaired) electrons. The van der Waals surface area contributed by atoms with Crippen LogP contribution in [0.3, 0.4) is 0 Å². The summed E-state index contributed by atoms with van der Waals surface area (Å²) in [5.41, 5.74) is 0.650. The molecule has 0 spiro atoms. The summed E-state index contributed by atoms with van der Waals surface area (Å²) in [4.78, 5) is 14.1. The fourth-order valence-corrected chi connectivity index (χ4v) is 3.73. The van der Waals surface area contributed by atoms with Crippen molar-refractivity contribution >= 4 is 16.7 Å². The number of rotatable bonds is 4. The van der Waals surface area contributed by atoms with Crippen LogP contribution in [0.25, 0.3) is 0 Å². The minimum absolute atomic E-state index is 0.00220. The second-order valence-corrected chi connectivity index (χ2v) is 7.31. The zero-order valence-corrected chi connectivity index (χ0v) is 13.3. The standard InChI is InChI=1S/C16H21NO4S/c18-16(17-7-10-22(19)11-8-17)13-3-5-14(6-4-13)21-12-15-2-1-9-20-15/h3-6,15H,1-2,7-12H2. The largest absolute Gasteiger partial charge is 0.491 e. The summed E-state index contributed by atoms with van der Waals surface area (Å²) in [5.74, 6) is 1.91. The molecule has 3 rings (SSSR count). The van der Waals surface area contributed by atoms with Crippen LogP contribution in [-0.2, 0) is 15.5 Å². The van der Waals surface area contributed by atoms with Gasteiger partial charge in [-0.05, 0) is 37.1 Å². The lowest BCUT2D eigenvalue weighted by Gasteiger charge is -2.26. The molecule has 120 valence electrons. The van der Waals surface area contributed by atoms with E-state index in [-0.39, 0.29) is 12.0 Å². The van der Waals surface area contributed by atoms with E-state index >= 15 is 0 Å². The molecule has 1 amide bonds. The third-order valence-corrected chi connectivity index (χ3v) is 5.30. The van der Waals surface area contributed by atoms with Crippen LogP contribution in [0.4, 0.5) is 0 Å². The number of carbonyl (C=O) groups is 1. The lowest BCUT2D eigenvalue weighted by Crippen LogP contribution is -2.41. The van der Waals surface area contributed by atoms with Gasteiger partial charge in [-0.1, -0.05) is 0 Å². The lowest BCUT2D eigenvalue weighted by molar-refractivity contribution is 0.0679. The van der Waals surface area contributed by atoms with E-state index in [1.54, 1.807) is 17.0 Å². The first-order valence-electron chi connectivity index (χ1n) is 7.71. The average Bonchev–Trinajstić information content (AvgIpc) is 3.07. The molecule has 2 aliphatic rings. The van der Waals surface area contributed by atoms with Crippen LogP contribution in [0, 0.1) is 0 Å². The molecule has 2 aliphatic heterocycles. The van der Waals surface area contributed by atoms with E-state index in [1.165, 1.54) is 0 Å². The highest BCUT2D eigenvalue weighted by Crippen LogP contribution is 2.17. The molecular weight excluding hydrogens is 302 g/mol. The molecular formula is C16H21NO4S. The van der Waals surface area contributed by atoms with Crippen molar-refractivity contribution in [2.45, 2.75) is 18.9 Å². The first-order valence-corrected chi connectivity index (χ1v) is 9.20. The van der Waals surface area contributed by atoms with Gasteiger partial charge in [0.1, 0.15) is 12.4 Å². The van der Waals surface area contributed by atoms with Gasteiger partial charge >= 0.3 is 0 Å². The number of benzene rings is 1. The summed E-state index contributed by atoms with van der Waals surface area (Å²) in [6.45, 7) is 2.53. The van der Waals surface area contributed by atoms with Crippen molar-refractivity contribution < 1.29 is 18.5 Å². The topological polar surface area (TPSA) is 55.8 Å². The number of carbonyl (C=O) groups excluding carboxylic acids is 1. The molecule has 6 heteroatoms. The summed E-state index contributed by atoms with van der Waals surface area (Å²) in [6.07, 6.45) is 2.34. The average molecular weight is 323 g/mol. The Kier molecular flexibility index (Phi) is 5.10. The second kappa shape index (κ2) is 7.24. The molecule has 5 nitrogen and oxygen atoms in total. The van der Waals surface area contributed by atoms with Crippen molar-refractivity contribution in [3.05, 3.63) is 29.8 Å². The molecule has 2 heterocycles. The Bertz CT molecular complexity index is 530. The van der Waals surface area contributed by atoms with Crippen molar-refractivity contribution in [1.29, 1.82) is 0 Å². The number of amides is 1. The van der Waals surface area contributed by atoms with Gasteiger partial charge in [0.2, 0.25) is 0 Å². The summed E-state index contributed by atoms with van der Waals surface area (Å²) in [5, 5.41) is 0. The molecule has 0 aliphatic carbocycles. The summed E-state index contributed by atoms with van der Waals surface area (Å²) in [6, 6.07) is 7.23. The molecule has 0 aromatic heterocycles. The smallest absolute Gasteiger partial charge is 0.253 e. The Morgan fingerprint density at radius 3 is 2.64 bits per heavy atom. The van der Waals surface area contributed by atoms with Gasteiger partial charge in [-0.15, -0.1) is 0 Å². The molecule has 1 aromatic carbocycles. The summed E-state index contributed by atoms with van der Waals surface area (Å²) < 4.78 is 22.5. The monoisotopic (exact) mass is 323 g/mol. The Balaban J connectivity index is 1.54. The third-order valence-electron chi connectivity index (χ3n) is 4.03. The van der Waals surface area contributed by atoms with Gasteiger partial charge in [0.05, 0.1) is 6.10 Å². The zero-order valence-electron chi connectivity index (χ0n) is 12.5. The molecule has 0 N–H and O–H groups in total. The number of hydrogen-bond acceptors (Lipinski definition) is 4. The SMILES string of the molecule is O=C(c1ccc(OCC2CCCO2)cc1)N1CCS(=O)CC1. The van der Waals surface area contributed by atoms with Crippen LogP contribution in [0.2, 0.25) is 0 Å². The van der Waals surface area contributed by atoms with E-state index in [0.717, 1.165) is 25.2 Å². The molecule has 2 saturated heterocycles. The first kappa shape index (κ1) is 15.5. The zero-order chi connectivity index (χ0) is 15.4. The van der Waals surface area contributed by atoms with Gasteiger partial charge in [-0.2, -0.15) is 0 Å². The van der Waals surface area contributed by atoms with Gasteiger partial charge in [-0.25, -0.2) is 0 Å². The first-order chi connectivity index (χ1) is 10.7. The molecule has 1 aromatic rings. The van der Waals surface area contributed by atoms with Crippen LogP contribution in [0.1, 0.15) is 23.2 Å². The molecule has 1 atom stereocenters. The van der Waals surface area contributed by atoms with Crippen LogP contribution in [0.15, 0.2) is 24.3 Å². The van der Waals surface area contributed by atoms with Gasteiger partial charge in [0, 0.05) is 47.6 Å². The van der Waals surface area contributed by atoms with Crippen LogP contribution < -0.4 is 4.74 Å². The predicted molar refractivity (Wildman–Crippen MR) is 84.7 cm³/mol. The van der Waals surface area contributed by atoms with E-state index in [9.17, 15) is 9.00 Å². The van der Waals surface area contributed by atoms with Crippen molar-refractivity contribution in [3.8, 4) is 5.75 Å². The van der Waals surface area contributed by atoms with Gasteiger partial charge in [0.25, 0.3) is 5.91 Å². The second-order valence-electron chi connectivity index (χ2n) is 5.61. The third kappa shape index (κ3) is 3.87. The molecule has 0 bridgehead atoms. The Morgan fingerprint density at radius 1 is 1.27 bits per heavy atom. The van der Waals surface area contributed by atoms with Crippen LogP contribution >= 0.6 is 0 Å². The van der Waals surface area contributed by atoms with Gasteiger partial charge in [-0.3, -0.25) is 9.00 Å². The maximum absolute atomic E-state index is 12.4. The highest BCUT2D eigenvalue weighted by molar-refractivity contribution is 7.85. The minimum Gasteiger partial charge on any atom is -0.491 e. The summed E-state index contributed by atoms with van der Waals surface area (Å²) >= 11 is 0. The summed E-state index contributed by atoms with van der Waals surface area (Å²) in [7, 11) is -0.767. The molecule has 1 unspecified atom stereocenters. The molecule has 22 heavy (non-hydrogen) atoms. The van der Waals surface area contributed by atoms with E-state index in [1.807, 2.05) is 12.1 Å². The van der Waals surface area contributed by atoms with Crippen molar-refractivity contribution in [2.75, 3.05) is 37.8 Å². The maximum Gasteiger partial charge on any atom is 0.253 e. The number of nitrogens with zero attached hydrogens (tertiary/aromatic N) is 1. The highest BCUT2D eigenvalue weighted by Gasteiger charge is 2.21. The van der Waals surface area contributed by atoms with Crippen molar-refractivity contribution in [2.24, 2.45) is 0 Å². The fourth-order valence-electron chi connectivity index (χ4n) is 2.68. The molecule has 2 fully saturated rings. The van der Waals surface area contributed by atoms with Gasteiger partial charge < -0.3 is 14.4 Å². The quantitative estimate of drug-likeness (QED) is 0.841. The van der Waals surface area contributed by atoms with E-state index in [4.69, 9.17) is 9.47 Å². The van der Waals surface area contributed by atoms with E-state index in [0.29, 0.717) is 36.8 Å². The fraction of sp³-hybridized carbons (Fsp3) is 0.562. The minimum atomic E-state index is -0.767. The van der Waals surface area contributed by atoms with Crippen LogP contribution in [-0.4, -0.2) is 58.9 Å². The van der Waals surface area contributed by atoms with Crippen molar-refractivity contribution in [1.82, 2.24) is 4.90 Å². The van der Waals surface area contributed by atoms with Crippen molar-refractivity contribution in [3.63, 3.8) is 0 Å². The lowest BCUT2D eigenvalue weighted by atomic mass is 10.2. The number of hydrogen-bond donors (Lipinski definition) is 0. The van der Waals surface area contributed by atoms with E-state index < -0.39 is 10.8 Å². The maximum atomic E-state index is 12.4. The number of ether oxygens (including phenoxy) is 2. The van der Waals surface area contributed by atoms with Crippen LogP contribution in [0.5, 0.6) is 5.75 Å². The van der Waals surface area contributed by atoms with E-state index in [2.05, 4.69) is 0 Å².